The molecule has 1 saturated heterocycles. The van der Waals surface area contributed by atoms with Crippen molar-refractivity contribution in [3.8, 4) is 0 Å². The molecule has 1 aliphatic heterocycles. The maximum Gasteiger partial charge on any atom is 0.264 e. The van der Waals surface area contributed by atoms with Crippen LogP contribution >= 0.6 is 0 Å². The van der Waals surface area contributed by atoms with Crippen LogP contribution in [0.3, 0.4) is 0 Å². The van der Waals surface area contributed by atoms with Crippen molar-refractivity contribution in [2.24, 2.45) is 23.2 Å². The van der Waals surface area contributed by atoms with Crippen molar-refractivity contribution in [3.63, 3.8) is 0 Å². The van der Waals surface area contributed by atoms with Crippen molar-refractivity contribution in [1.82, 2.24) is 24.7 Å². The van der Waals surface area contributed by atoms with E-state index in [-0.39, 0.29) is 34.5 Å². The summed E-state index contributed by atoms with van der Waals surface area (Å²) in [6.45, 7) is 17.3. The molecule has 0 saturated carbocycles. The molecule has 0 bridgehead atoms. The third-order valence-corrected chi connectivity index (χ3v) is 11.0. The molecular formula is C37H62N6O7S. The zero-order valence-corrected chi connectivity index (χ0v) is 33.6. The van der Waals surface area contributed by atoms with Gasteiger partial charge in [0.25, 0.3) is 10.0 Å². The fourth-order valence-electron chi connectivity index (χ4n) is 6.83. The minimum atomic E-state index is -4.16. The number of nitrogen functional groups attached to an aromatic ring is 1. The molecule has 6 atom stereocenters. The molecule has 288 valence electrons. The van der Waals surface area contributed by atoms with Crippen LogP contribution in [0.2, 0.25) is 0 Å². The van der Waals surface area contributed by atoms with E-state index in [1.54, 1.807) is 36.8 Å². The monoisotopic (exact) mass is 734 g/mol. The van der Waals surface area contributed by atoms with E-state index in [4.69, 9.17) is 10.5 Å². The Morgan fingerprint density at radius 1 is 0.980 bits per heavy atom. The molecule has 14 heteroatoms. The fourth-order valence-corrected chi connectivity index (χ4v) is 7.89. The Balaban J connectivity index is 2.32. The molecule has 0 radical (unpaired) electrons. The minimum absolute atomic E-state index is 0.0283. The number of hydrogen-bond donors (Lipinski definition) is 3. The predicted molar refractivity (Wildman–Crippen MR) is 200 cm³/mol. The second kappa shape index (κ2) is 17.8. The number of nitrogens with zero attached hydrogens (tertiary/aromatic N) is 3. The van der Waals surface area contributed by atoms with Crippen molar-refractivity contribution in [1.29, 1.82) is 0 Å². The number of nitrogens with two attached hydrogens (primary N) is 1. The van der Waals surface area contributed by atoms with Crippen molar-refractivity contribution in [2.75, 3.05) is 40.5 Å². The van der Waals surface area contributed by atoms with Crippen molar-refractivity contribution in [2.45, 2.75) is 110 Å². The van der Waals surface area contributed by atoms with E-state index in [0.29, 0.717) is 30.6 Å². The van der Waals surface area contributed by atoms with Crippen LogP contribution in [0.15, 0.2) is 40.8 Å². The molecule has 1 aliphatic rings. The van der Waals surface area contributed by atoms with Crippen LogP contribution in [0.25, 0.3) is 0 Å². The molecule has 1 heterocycles. The number of likely N-dealkylation sites (tertiary alicyclic amines) is 1. The van der Waals surface area contributed by atoms with Gasteiger partial charge in [-0.3, -0.25) is 24.1 Å². The molecule has 51 heavy (non-hydrogen) atoms. The lowest BCUT2D eigenvalue weighted by molar-refractivity contribution is -0.141. The fraction of sp³-hybridized carbons (Fsp3) is 0.676. The van der Waals surface area contributed by atoms with Crippen LogP contribution in [0.1, 0.15) is 75.2 Å². The third-order valence-electron chi connectivity index (χ3n) is 9.64. The summed E-state index contributed by atoms with van der Waals surface area (Å²) in [7, 11) is 2.65. The van der Waals surface area contributed by atoms with Gasteiger partial charge >= 0.3 is 0 Å². The van der Waals surface area contributed by atoms with Crippen LogP contribution in [0.5, 0.6) is 0 Å². The molecule has 1 fully saturated rings. The largest absolute Gasteiger partial charge is 0.399 e. The van der Waals surface area contributed by atoms with Gasteiger partial charge in [-0.05, 0) is 75.4 Å². The lowest BCUT2D eigenvalue weighted by Gasteiger charge is -2.39. The van der Waals surface area contributed by atoms with E-state index in [0.717, 1.165) is 0 Å². The number of carbonyl (C=O) groups excluding carboxylic acids is 4. The molecule has 13 nitrogen and oxygen atoms in total. The van der Waals surface area contributed by atoms with Gasteiger partial charge in [0, 0.05) is 32.0 Å². The van der Waals surface area contributed by atoms with Crippen molar-refractivity contribution in [3.05, 3.63) is 35.9 Å². The summed E-state index contributed by atoms with van der Waals surface area (Å²) in [5, 5.41) is 3.03. The van der Waals surface area contributed by atoms with Crippen molar-refractivity contribution < 1.29 is 32.3 Å². The highest BCUT2D eigenvalue weighted by molar-refractivity contribution is 7.90. The molecule has 1 aromatic rings. The van der Waals surface area contributed by atoms with Gasteiger partial charge in [0.15, 0.2) is 0 Å². The summed E-state index contributed by atoms with van der Waals surface area (Å²) in [5.41, 5.74) is 5.89. The number of likely N-dealkylation sites (N-methyl/N-ethyl adjacent to an activating group) is 2. The Morgan fingerprint density at radius 2 is 1.55 bits per heavy atom. The lowest BCUT2D eigenvalue weighted by Crippen LogP contribution is -2.59. The van der Waals surface area contributed by atoms with E-state index < -0.39 is 57.5 Å². The average molecular weight is 735 g/mol. The first kappa shape index (κ1) is 43.7. The summed E-state index contributed by atoms with van der Waals surface area (Å²) < 4.78 is 33.7. The number of carbonyl (C=O) groups is 4. The number of benzene rings is 1. The normalized spacial score (nSPS) is 18.7. The predicted octanol–water partition coefficient (Wildman–Crippen LogP) is 3.26. The molecule has 4 N–H and O–H groups in total. The molecule has 0 unspecified atom stereocenters. The van der Waals surface area contributed by atoms with Gasteiger partial charge in [0.2, 0.25) is 23.6 Å². The summed E-state index contributed by atoms with van der Waals surface area (Å²) in [5.74, 6) is -2.47. The van der Waals surface area contributed by atoms with Gasteiger partial charge in [0.05, 0.1) is 35.0 Å². The Morgan fingerprint density at radius 3 is 2.02 bits per heavy atom. The van der Waals surface area contributed by atoms with Crippen LogP contribution in [-0.2, 0) is 33.9 Å². The first-order valence-corrected chi connectivity index (χ1v) is 19.1. The number of rotatable bonds is 15. The van der Waals surface area contributed by atoms with Gasteiger partial charge in [-0.15, -0.1) is 0 Å². The Labute approximate surface area is 305 Å². The number of methoxy groups -OCH3 is 1. The minimum Gasteiger partial charge on any atom is -0.399 e. The van der Waals surface area contributed by atoms with E-state index in [9.17, 15) is 27.6 Å². The highest BCUT2D eigenvalue weighted by atomic mass is 32.2. The van der Waals surface area contributed by atoms with Crippen molar-refractivity contribution >= 4 is 39.3 Å². The first-order chi connectivity index (χ1) is 23.5. The standard InChI is InChI=1S/C37H62N6O7S/c1-22(2)29(42(12)36(47)32(37(7,8)9)39-34(45)30(23(3)4)41(10)11)21-24(5)35(46)43-20-14-15-28(43)31(50-13)25(6)33(44)40-51(48,49)27-18-16-26(38)17-19-27/h16-19,21-23,25,28-32H,14-15,20,38H2,1-13H3,(H,39,45)(H,40,44)/b24-21+/t25-,28+,29-,30+,31-,32-/m1/s1. The number of nitrogens with one attached hydrogen (secondary N) is 2. The highest BCUT2D eigenvalue weighted by Crippen LogP contribution is 2.29. The van der Waals surface area contributed by atoms with Gasteiger partial charge in [0.1, 0.15) is 6.04 Å². The number of hydrogen-bond acceptors (Lipinski definition) is 9. The van der Waals surface area contributed by atoms with Gasteiger partial charge in [-0.1, -0.05) is 61.5 Å². The quantitative estimate of drug-likeness (QED) is 0.181. The molecule has 1 aromatic carbocycles. The van der Waals surface area contributed by atoms with Gasteiger partial charge in [-0.25, -0.2) is 13.1 Å². The smallest absolute Gasteiger partial charge is 0.264 e. The van der Waals surface area contributed by atoms with Gasteiger partial charge in [-0.2, -0.15) is 0 Å². The Kier molecular flexibility index (Phi) is 15.3. The maximum absolute atomic E-state index is 14.1. The molecule has 0 spiro atoms. The van der Waals surface area contributed by atoms with E-state index in [1.807, 2.05) is 67.5 Å². The summed E-state index contributed by atoms with van der Waals surface area (Å²) in [6.07, 6.45) is 2.23. The third kappa shape index (κ3) is 11.0. The molecule has 2 rings (SSSR count). The number of ether oxygens (including phenoxy) is 1. The SMILES string of the molecule is CO[C@H]([C@@H](C)C(=O)NS(=O)(=O)c1ccc(N)cc1)[C@@H]1CCCN1C(=O)/C(C)=C/[C@H](C(C)C)N(C)C(=O)[C@@H](NC(=O)[C@H](C(C)C)N(C)C)C(C)(C)C. The summed E-state index contributed by atoms with van der Waals surface area (Å²) in [4.78, 5) is 59.8. The topological polar surface area (TPSA) is 171 Å². The van der Waals surface area contributed by atoms with Crippen LogP contribution in [0, 0.1) is 23.2 Å². The zero-order chi connectivity index (χ0) is 39.2. The molecule has 0 aromatic heterocycles. The number of amides is 4. The second-order valence-corrected chi connectivity index (χ2v) is 17.4. The van der Waals surface area contributed by atoms with Crippen LogP contribution in [0.4, 0.5) is 5.69 Å². The lowest BCUT2D eigenvalue weighted by atomic mass is 9.84. The average Bonchev–Trinajstić information content (AvgIpc) is 3.50. The highest BCUT2D eigenvalue weighted by Gasteiger charge is 2.42. The summed E-state index contributed by atoms with van der Waals surface area (Å²) >= 11 is 0. The van der Waals surface area contributed by atoms with E-state index in [1.165, 1.54) is 31.4 Å². The summed E-state index contributed by atoms with van der Waals surface area (Å²) in [6, 6.07) is 3.31. The van der Waals surface area contributed by atoms with Crippen LogP contribution in [-0.4, -0.2) is 112 Å². The zero-order valence-electron chi connectivity index (χ0n) is 32.8. The number of anilines is 1. The van der Waals surface area contributed by atoms with Crippen LogP contribution < -0.4 is 15.8 Å². The molecular weight excluding hydrogens is 673 g/mol. The van der Waals surface area contributed by atoms with E-state index in [2.05, 4.69) is 10.0 Å². The van der Waals surface area contributed by atoms with Gasteiger partial charge < -0.3 is 25.6 Å². The molecule has 4 amide bonds. The maximum atomic E-state index is 14.1. The molecule has 0 aliphatic carbocycles. The number of sulfonamides is 1. The first-order valence-electron chi connectivity index (χ1n) is 17.6. The second-order valence-electron chi connectivity index (χ2n) is 15.7. The Bertz CT molecular complexity index is 1510. The van der Waals surface area contributed by atoms with E-state index >= 15 is 0 Å². The Hall–Kier alpha value is -3.49.